The summed E-state index contributed by atoms with van der Waals surface area (Å²) in [6.45, 7) is 17.4. The van der Waals surface area contributed by atoms with Gasteiger partial charge >= 0.3 is 0 Å². The molecule has 0 aromatic rings. The van der Waals surface area contributed by atoms with Crippen LogP contribution in [0, 0.1) is 23.7 Å². The predicted octanol–water partition coefficient (Wildman–Crippen LogP) is 10.1. The lowest BCUT2D eigenvalue weighted by Gasteiger charge is -2.18. The molecule has 0 atom stereocenters. The second-order valence-corrected chi connectivity index (χ2v) is 9.40. The second-order valence-electron chi connectivity index (χ2n) is 9.40. The average molecular weight is 557 g/mol. The van der Waals surface area contributed by atoms with Crippen molar-refractivity contribution in [3.05, 3.63) is 49.0 Å². The summed E-state index contributed by atoms with van der Waals surface area (Å²) in [5.41, 5.74) is 0. The maximum Gasteiger partial charge on any atom is 0.287 e. The van der Waals surface area contributed by atoms with Crippen LogP contribution in [0.15, 0.2) is 49.0 Å². The molecule has 0 bridgehead atoms. The summed E-state index contributed by atoms with van der Waals surface area (Å²) in [6, 6.07) is 0. The molecule has 0 aliphatic heterocycles. The SMILES string of the molecule is C=CC#C/C=C/CCC(OCCCCC)OCCCCC.CCC/C=C/C#CC=C(OCCCC)OCCCC. The van der Waals surface area contributed by atoms with Crippen LogP contribution in [-0.4, -0.2) is 32.7 Å². The van der Waals surface area contributed by atoms with E-state index in [2.05, 4.69) is 77.0 Å². The fraction of sp³-hybridized carbons (Fsp3) is 0.667. The molecule has 40 heavy (non-hydrogen) atoms. The van der Waals surface area contributed by atoms with Crippen molar-refractivity contribution >= 4 is 0 Å². The monoisotopic (exact) mass is 556 g/mol. The van der Waals surface area contributed by atoms with Crippen LogP contribution in [0.2, 0.25) is 0 Å². The first-order valence-corrected chi connectivity index (χ1v) is 15.8. The number of hydrogen-bond donors (Lipinski definition) is 0. The van der Waals surface area contributed by atoms with Gasteiger partial charge in [-0.3, -0.25) is 0 Å². The van der Waals surface area contributed by atoms with Crippen molar-refractivity contribution < 1.29 is 18.9 Å². The minimum atomic E-state index is -0.0734. The third kappa shape index (κ3) is 33.6. The standard InChI is InChI=1S/C19H32O2.C17H28O2/c1-4-7-10-11-12-13-16-19(20-17-14-8-5-2)21-18-15-9-6-3;1-4-7-10-11-12-13-14-17(18-15-8-5-2)19-16-9-6-3/h4,11-12,19H,1,5-6,8-9,13-18H2,2-3H3;10-11,14H,4-9,15-16H2,1-3H3/b12-11+;11-10+. The van der Waals surface area contributed by atoms with Gasteiger partial charge in [-0.1, -0.05) is 122 Å². The first-order valence-electron chi connectivity index (χ1n) is 15.8. The van der Waals surface area contributed by atoms with Crippen molar-refractivity contribution in [2.24, 2.45) is 0 Å². The van der Waals surface area contributed by atoms with Crippen LogP contribution in [-0.2, 0) is 18.9 Å². The topological polar surface area (TPSA) is 36.9 Å². The van der Waals surface area contributed by atoms with E-state index >= 15 is 0 Å². The molecule has 0 aromatic carbocycles. The summed E-state index contributed by atoms with van der Waals surface area (Å²) >= 11 is 0. The largest absolute Gasteiger partial charge is 0.465 e. The number of ether oxygens (including phenoxy) is 4. The summed E-state index contributed by atoms with van der Waals surface area (Å²) in [4.78, 5) is 0. The molecule has 0 unspecified atom stereocenters. The quantitative estimate of drug-likeness (QED) is 0.0543. The Hall–Kier alpha value is -2.40. The Morgan fingerprint density at radius 2 is 1.12 bits per heavy atom. The van der Waals surface area contributed by atoms with E-state index in [0.29, 0.717) is 19.2 Å². The van der Waals surface area contributed by atoms with Gasteiger partial charge in [0.2, 0.25) is 0 Å². The van der Waals surface area contributed by atoms with E-state index in [1.165, 1.54) is 25.7 Å². The normalized spacial score (nSPS) is 10.3. The van der Waals surface area contributed by atoms with Gasteiger partial charge in [0.25, 0.3) is 5.95 Å². The van der Waals surface area contributed by atoms with Gasteiger partial charge in [0.1, 0.15) is 0 Å². The zero-order chi connectivity index (χ0) is 29.8. The highest BCUT2D eigenvalue weighted by molar-refractivity contribution is 5.24. The van der Waals surface area contributed by atoms with E-state index in [1.54, 1.807) is 12.2 Å². The third-order valence-electron chi connectivity index (χ3n) is 5.47. The summed E-state index contributed by atoms with van der Waals surface area (Å²) in [5, 5.41) is 0. The molecule has 0 aliphatic rings. The van der Waals surface area contributed by atoms with Gasteiger partial charge in [-0.15, -0.1) is 0 Å². The van der Waals surface area contributed by atoms with Crippen LogP contribution in [0.3, 0.4) is 0 Å². The van der Waals surface area contributed by atoms with E-state index in [9.17, 15) is 0 Å². The molecule has 0 saturated heterocycles. The fourth-order valence-corrected chi connectivity index (χ4v) is 3.05. The number of allylic oxidation sites excluding steroid dienone is 6. The number of unbranched alkanes of at least 4 members (excludes halogenated alkanes) is 7. The van der Waals surface area contributed by atoms with E-state index in [4.69, 9.17) is 18.9 Å². The van der Waals surface area contributed by atoms with Crippen LogP contribution in [0.25, 0.3) is 0 Å². The molecule has 0 saturated carbocycles. The molecule has 4 nitrogen and oxygen atoms in total. The molecule has 4 heteroatoms. The third-order valence-corrected chi connectivity index (χ3v) is 5.47. The van der Waals surface area contributed by atoms with Crippen LogP contribution in [0.4, 0.5) is 0 Å². The van der Waals surface area contributed by atoms with Crippen molar-refractivity contribution in [1.82, 2.24) is 0 Å². The molecule has 0 N–H and O–H groups in total. The van der Waals surface area contributed by atoms with Crippen molar-refractivity contribution in [2.45, 2.75) is 131 Å². The number of hydrogen-bond acceptors (Lipinski definition) is 4. The van der Waals surface area contributed by atoms with Crippen molar-refractivity contribution in [3.8, 4) is 23.7 Å². The summed E-state index contributed by atoms with van der Waals surface area (Å²) in [6.07, 6.45) is 26.6. The Labute approximate surface area is 248 Å². The van der Waals surface area contributed by atoms with E-state index in [1.807, 2.05) is 12.2 Å². The lowest BCUT2D eigenvalue weighted by Crippen LogP contribution is -2.18. The summed E-state index contributed by atoms with van der Waals surface area (Å²) in [5.74, 6) is 12.2. The first kappa shape index (κ1) is 39.7. The van der Waals surface area contributed by atoms with Crippen LogP contribution >= 0.6 is 0 Å². The molecular weight excluding hydrogens is 496 g/mol. The zero-order valence-electron chi connectivity index (χ0n) is 26.6. The van der Waals surface area contributed by atoms with Crippen LogP contribution < -0.4 is 0 Å². The van der Waals surface area contributed by atoms with Gasteiger partial charge in [-0.25, -0.2) is 0 Å². The summed E-state index contributed by atoms with van der Waals surface area (Å²) in [7, 11) is 0. The maximum atomic E-state index is 5.84. The smallest absolute Gasteiger partial charge is 0.287 e. The van der Waals surface area contributed by atoms with E-state index in [0.717, 1.165) is 77.4 Å². The molecule has 0 rings (SSSR count). The van der Waals surface area contributed by atoms with Gasteiger partial charge in [0.15, 0.2) is 6.29 Å². The molecular formula is C36H60O4. The van der Waals surface area contributed by atoms with Crippen molar-refractivity contribution in [3.63, 3.8) is 0 Å². The molecule has 0 aromatic heterocycles. The Morgan fingerprint density at radius 1 is 0.600 bits per heavy atom. The van der Waals surface area contributed by atoms with Gasteiger partial charge < -0.3 is 18.9 Å². The van der Waals surface area contributed by atoms with E-state index in [-0.39, 0.29) is 6.29 Å². The lowest BCUT2D eigenvalue weighted by molar-refractivity contribution is -0.146. The van der Waals surface area contributed by atoms with E-state index < -0.39 is 0 Å². The highest BCUT2D eigenvalue weighted by Gasteiger charge is 2.08. The highest BCUT2D eigenvalue weighted by Crippen LogP contribution is 2.09. The number of rotatable bonds is 23. The van der Waals surface area contributed by atoms with Crippen LogP contribution in [0.1, 0.15) is 125 Å². The maximum absolute atomic E-state index is 5.84. The lowest BCUT2D eigenvalue weighted by atomic mass is 10.2. The molecule has 0 spiro atoms. The minimum Gasteiger partial charge on any atom is -0.465 e. The van der Waals surface area contributed by atoms with Gasteiger partial charge in [-0.05, 0) is 56.8 Å². The Morgan fingerprint density at radius 3 is 1.62 bits per heavy atom. The molecule has 0 fully saturated rings. The molecule has 0 radical (unpaired) electrons. The van der Waals surface area contributed by atoms with Gasteiger partial charge in [0.05, 0.1) is 19.3 Å². The second kappa shape index (κ2) is 36.6. The molecule has 0 amide bonds. The first-order chi connectivity index (χ1) is 19.7. The van der Waals surface area contributed by atoms with Crippen molar-refractivity contribution in [2.75, 3.05) is 26.4 Å². The fourth-order valence-electron chi connectivity index (χ4n) is 3.05. The molecule has 0 aliphatic carbocycles. The minimum absolute atomic E-state index is 0.0734. The Bertz CT molecular complexity index is 718. The zero-order valence-corrected chi connectivity index (χ0v) is 26.6. The Balaban J connectivity index is 0. The Kier molecular flexibility index (Phi) is 36.4. The molecule has 228 valence electrons. The van der Waals surface area contributed by atoms with Gasteiger partial charge in [0, 0.05) is 19.6 Å². The highest BCUT2D eigenvalue weighted by atomic mass is 16.7. The van der Waals surface area contributed by atoms with Gasteiger partial charge in [-0.2, -0.15) is 0 Å². The molecule has 0 heterocycles. The van der Waals surface area contributed by atoms with Crippen molar-refractivity contribution in [1.29, 1.82) is 0 Å². The summed E-state index contributed by atoms with van der Waals surface area (Å²) < 4.78 is 22.8. The predicted molar refractivity (Wildman–Crippen MR) is 173 cm³/mol. The average Bonchev–Trinajstić information content (AvgIpc) is 2.96. The van der Waals surface area contributed by atoms with Crippen LogP contribution in [0.5, 0.6) is 0 Å².